The zero-order valence-corrected chi connectivity index (χ0v) is 15.7. The number of anilines is 2. The Morgan fingerprint density at radius 3 is 2.61 bits per heavy atom. The lowest BCUT2D eigenvalue weighted by Gasteiger charge is -2.28. The van der Waals surface area contributed by atoms with Crippen LogP contribution in [-0.4, -0.2) is 59.3 Å². The summed E-state index contributed by atoms with van der Waals surface area (Å²) in [6.07, 6.45) is 3.11. The first-order valence-corrected chi connectivity index (χ1v) is 9.18. The van der Waals surface area contributed by atoms with Crippen LogP contribution in [0.5, 0.6) is 0 Å². The number of rotatable bonds is 7. The van der Waals surface area contributed by atoms with Crippen molar-refractivity contribution in [2.24, 2.45) is 5.92 Å². The van der Waals surface area contributed by atoms with E-state index in [9.17, 15) is 14.0 Å². The first-order chi connectivity index (χ1) is 13.5. The molecule has 1 fully saturated rings. The Morgan fingerprint density at radius 2 is 1.89 bits per heavy atom. The summed E-state index contributed by atoms with van der Waals surface area (Å²) < 4.78 is 19.6. The highest BCUT2D eigenvalue weighted by atomic mass is 19.1. The molecule has 1 atom stereocenters. The zero-order valence-electron chi connectivity index (χ0n) is 15.7. The molecule has 0 unspecified atom stereocenters. The van der Waals surface area contributed by atoms with Crippen LogP contribution in [0.2, 0.25) is 0 Å². The SMILES string of the molecule is C[C@@H](CN1CCOCC1)C(=O)Nc1cnn(CC(=O)Nc2ccc(F)cc2)c1. The number of hydrogen-bond donors (Lipinski definition) is 2. The number of carbonyl (C=O) groups is 2. The minimum Gasteiger partial charge on any atom is -0.379 e. The van der Waals surface area contributed by atoms with Crippen molar-refractivity contribution >= 4 is 23.2 Å². The lowest BCUT2D eigenvalue weighted by Crippen LogP contribution is -2.41. The van der Waals surface area contributed by atoms with Crippen LogP contribution >= 0.6 is 0 Å². The lowest BCUT2D eigenvalue weighted by molar-refractivity contribution is -0.120. The molecular weight excluding hydrogens is 365 g/mol. The van der Waals surface area contributed by atoms with Gasteiger partial charge in [-0.3, -0.25) is 19.2 Å². The number of amides is 2. The number of halogens is 1. The van der Waals surface area contributed by atoms with Gasteiger partial charge >= 0.3 is 0 Å². The summed E-state index contributed by atoms with van der Waals surface area (Å²) in [7, 11) is 0. The Kier molecular flexibility index (Phi) is 6.72. The quantitative estimate of drug-likeness (QED) is 0.750. The molecule has 1 aliphatic heterocycles. The molecule has 2 aromatic rings. The predicted molar refractivity (Wildman–Crippen MR) is 102 cm³/mol. The molecule has 28 heavy (non-hydrogen) atoms. The highest BCUT2D eigenvalue weighted by molar-refractivity contribution is 5.92. The second-order valence-corrected chi connectivity index (χ2v) is 6.78. The smallest absolute Gasteiger partial charge is 0.246 e. The van der Waals surface area contributed by atoms with Gasteiger partial charge in [-0.1, -0.05) is 6.92 Å². The highest BCUT2D eigenvalue weighted by Crippen LogP contribution is 2.11. The Balaban J connectivity index is 1.46. The van der Waals surface area contributed by atoms with E-state index in [0.717, 1.165) is 13.1 Å². The van der Waals surface area contributed by atoms with Crippen molar-refractivity contribution in [3.05, 3.63) is 42.5 Å². The van der Waals surface area contributed by atoms with Crippen molar-refractivity contribution in [3.63, 3.8) is 0 Å². The van der Waals surface area contributed by atoms with Crippen LogP contribution in [0.3, 0.4) is 0 Å². The summed E-state index contributed by atoms with van der Waals surface area (Å²) in [4.78, 5) is 26.6. The van der Waals surface area contributed by atoms with Gasteiger partial charge in [-0.15, -0.1) is 0 Å². The molecule has 9 heteroatoms. The van der Waals surface area contributed by atoms with Gasteiger partial charge in [0.05, 0.1) is 25.1 Å². The van der Waals surface area contributed by atoms with Crippen LogP contribution in [0.25, 0.3) is 0 Å². The third kappa shape index (κ3) is 5.86. The molecule has 2 amide bonds. The zero-order chi connectivity index (χ0) is 19.9. The average Bonchev–Trinajstić information content (AvgIpc) is 3.11. The van der Waals surface area contributed by atoms with Crippen molar-refractivity contribution in [2.75, 3.05) is 43.5 Å². The maximum Gasteiger partial charge on any atom is 0.246 e. The molecule has 0 bridgehead atoms. The molecule has 0 saturated carbocycles. The summed E-state index contributed by atoms with van der Waals surface area (Å²) >= 11 is 0. The number of nitrogens with zero attached hydrogens (tertiary/aromatic N) is 3. The monoisotopic (exact) mass is 389 g/mol. The fourth-order valence-corrected chi connectivity index (χ4v) is 2.91. The lowest BCUT2D eigenvalue weighted by atomic mass is 10.1. The van der Waals surface area contributed by atoms with Gasteiger partial charge < -0.3 is 15.4 Å². The van der Waals surface area contributed by atoms with Crippen molar-refractivity contribution in [3.8, 4) is 0 Å². The van der Waals surface area contributed by atoms with Gasteiger partial charge in [0.2, 0.25) is 11.8 Å². The number of nitrogens with one attached hydrogen (secondary N) is 2. The summed E-state index contributed by atoms with van der Waals surface area (Å²) in [5.41, 5.74) is 1.04. The summed E-state index contributed by atoms with van der Waals surface area (Å²) in [6, 6.07) is 5.51. The van der Waals surface area contributed by atoms with Gasteiger partial charge in [0.25, 0.3) is 0 Å². The van der Waals surface area contributed by atoms with Crippen LogP contribution in [0, 0.1) is 11.7 Å². The molecule has 1 aromatic heterocycles. The number of carbonyl (C=O) groups excluding carboxylic acids is 2. The van der Waals surface area contributed by atoms with Crippen molar-refractivity contribution < 1.29 is 18.7 Å². The molecule has 0 aliphatic carbocycles. The standard InChI is InChI=1S/C19H24FN5O3/c1-14(11-24-6-8-28-9-7-24)19(27)23-17-10-21-25(12-17)13-18(26)22-16-4-2-15(20)3-5-16/h2-5,10,12,14H,6-9,11,13H2,1H3,(H,22,26)(H,23,27)/t14-/m0/s1. The molecule has 0 radical (unpaired) electrons. The normalized spacial score (nSPS) is 15.8. The maximum absolute atomic E-state index is 12.9. The third-order valence-electron chi connectivity index (χ3n) is 4.42. The van der Waals surface area contributed by atoms with Gasteiger partial charge in [0.15, 0.2) is 0 Å². The number of ether oxygens (including phenoxy) is 1. The van der Waals surface area contributed by atoms with Gasteiger partial charge in [-0.05, 0) is 24.3 Å². The molecule has 1 saturated heterocycles. The number of hydrogen-bond acceptors (Lipinski definition) is 5. The third-order valence-corrected chi connectivity index (χ3v) is 4.42. The summed E-state index contributed by atoms with van der Waals surface area (Å²) in [6.45, 7) is 5.59. The van der Waals surface area contributed by atoms with E-state index in [4.69, 9.17) is 4.74 Å². The molecule has 1 aliphatic rings. The number of morpholine rings is 1. The molecule has 1 aromatic carbocycles. The van der Waals surface area contributed by atoms with Crippen LogP contribution < -0.4 is 10.6 Å². The van der Waals surface area contributed by atoms with Crippen LogP contribution in [0.15, 0.2) is 36.7 Å². The van der Waals surface area contributed by atoms with E-state index >= 15 is 0 Å². The molecule has 0 spiro atoms. The van der Waals surface area contributed by atoms with E-state index < -0.39 is 0 Å². The van der Waals surface area contributed by atoms with Crippen LogP contribution in [0.4, 0.5) is 15.8 Å². The first kappa shape index (κ1) is 20.0. The van der Waals surface area contributed by atoms with Crippen LogP contribution in [0.1, 0.15) is 6.92 Å². The molecule has 8 nitrogen and oxygen atoms in total. The summed E-state index contributed by atoms with van der Waals surface area (Å²) in [5.74, 6) is -0.938. The van der Waals surface area contributed by atoms with E-state index in [-0.39, 0.29) is 30.1 Å². The van der Waals surface area contributed by atoms with E-state index in [2.05, 4.69) is 20.6 Å². The molecule has 2 heterocycles. The predicted octanol–water partition coefficient (Wildman–Crippen LogP) is 1.57. The van der Waals surface area contributed by atoms with E-state index in [0.29, 0.717) is 31.1 Å². The van der Waals surface area contributed by atoms with Gasteiger partial charge in [-0.25, -0.2) is 4.39 Å². The molecule has 3 rings (SSSR count). The highest BCUT2D eigenvalue weighted by Gasteiger charge is 2.19. The fourth-order valence-electron chi connectivity index (χ4n) is 2.91. The van der Waals surface area contributed by atoms with Gasteiger partial charge in [0, 0.05) is 37.4 Å². The number of aromatic nitrogens is 2. The molecule has 2 N–H and O–H groups in total. The average molecular weight is 389 g/mol. The minimum atomic E-state index is -0.367. The van der Waals surface area contributed by atoms with Gasteiger partial charge in [-0.2, -0.15) is 5.10 Å². The van der Waals surface area contributed by atoms with E-state index in [1.54, 1.807) is 6.20 Å². The largest absolute Gasteiger partial charge is 0.379 e. The van der Waals surface area contributed by atoms with Crippen molar-refractivity contribution in [2.45, 2.75) is 13.5 Å². The summed E-state index contributed by atoms with van der Waals surface area (Å²) in [5, 5.41) is 9.58. The van der Waals surface area contributed by atoms with Gasteiger partial charge in [0.1, 0.15) is 12.4 Å². The second-order valence-electron chi connectivity index (χ2n) is 6.78. The van der Waals surface area contributed by atoms with Crippen molar-refractivity contribution in [1.82, 2.24) is 14.7 Å². The Hall–Kier alpha value is -2.78. The minimum absolute atomic E-state index is 0.0173. The Labute approximate surface area is 162 Å². The van der Waals surface area contributed by atoms with E-state index in [1.807, 2.05) is 6.92 Å². The van der Waals surface area contributed by atoms with E-state index in [1.165, 1.54) is 35.1 Å². The molecular formula is C19H24FN5O3. The molecule has 150 valence electrons. The fraction of sp³-hybridized carbons (Fsp3) is 0.421. The second kappa shape index (κ2) is 9.43. The van der Waals surface area contributed by atoms with Crippen LogP contribution in [-0.2, 0) is 20.9 Å². The first-order valence-electron chi connectivity index (χ1n) is 9.18. The Bertz CT molecular complexity index is 802. The number of benzene rings is 1. The van der Waals surface area contributed by atoms with Crippen molar-refractivity contribution in [1.29, 1.82) is 0 Å². The Morgan fingerprint density at radius 1 is 1.18 bits per heavy atom. The topological polar surface area (TPSA) is 88.5 Å². The maximum atomic E-state index is 12.9.